The molecule has 0 radical (unpaired) electrons. The van der Waals surface area contributed by atoms with Crippen molar-refractivity contribution in [2.75, 3.05) is 10.6 Å². The Kier molecular flexibility index (Phi) is 6.01. The minimum atomic E-state index is -4.70. The first-order chi connectivity index (χ1) is 15.3. The van der Waals surface area contributed by atoms with Crippen LogP contribution in [0.2, 0.25) is 0 Å². The van der Waals surface area contributed by atoms with Gasteiger partial charge >= 0.3 is 12.4 Å². The largest absolute Gasteiger partial charge is 0.452 e. The predicted octanol–water partition coefficient (Wildman–Crippen LogP) is 6.93. The second-order valence-corrected chi connectivity index (χ2v) is 8.69. The maximum Gasteiger partial charge on any atom is 0.416 e. The van der Waals surface area contributed by atoms with Gasteiger partial charge in [-0.05, 0) is 62.2 Å². The molecular weight excluding hydrogens is 590 g/mol. The third kappa shape index (κ3) is 4.76. The van der Waals surface area contributed by atoms with Crippen molar-refractivity contribution in [3.63, 3.8) is 0 Å². The molecule has 1 aliphatic heterocycles. The van der Waals surface area contributed by atoms with Crippen LogP contribution >= 0.6 is 31.9 Å². The highest BCUT2D eigenvalue weighted by Gasteiger charge is 2.48. The van der Waals surface area contributed by atoms with Gasteiger partial charge in [0.1, 0.15) is 11.6 Å². The number of alkyl halides is 6. The summed E-state index contributed by atoms with van der Waals surface area (Å²) in [5.74, 6) is -0.858. The lowest BCUT2D eigenvalue weighted by Gasteiger charge is -2.32. The first kappa shape index (κ1) is 23.7. The van der Waals surface area contributed by atoms with E-state index < -0.39 is 48.0 Å². The summed E-state index contributed by atoms with van der Waals surface area (Å²) in [5.41, 5.74) is -1.61. The normalized spacial score (nSPS) is 18.5. The van der Waals surface area contributed by atoms with Gasteiger partial charge in [0, 0.05) is 12.1 Å². The molecule has 0 fully saturated rings. The Labute approximate surface area is 198 Å². The number of nitrogens with one attached hydrogen (secondary N) is 2. The van der Waals surface area contributed by atoms with Gasteiger partial charge < -0.3 is 15.1 Å². The first-order valence-corrected chi connectivity index (χ1v) is 10.8. The summed E-state index contributed by atoms with van der Waals surface area (Å²) < 4.78 is 86.5. The topological polar surface area (TPSA) is 72.1 Å². The number of furan rings is 1. The summed E-state index contributed by atoms with van der Waals surface area (Å²) in [6.45, 7) is 0. The molecule has 1 aliphatic rings. The van der Waals surface area contributed by atoms with E-state index in [4.69, 9.17) is 4.42 Å². The summed E-state index contributed by atoms with van der Waals surface area (Å²) in [7, 11) is 0. The number of benzene rings is 1. The summed E-state index contributed by atoms with van der Waals surface area (Å²) >= 11 is 6.21. The number of halogens is 8. The van der Waals surface area contributed by atoms with Crippen LogP contribution in [0.5, 0.6) is 0 Å². The lowest BCUT2D eigenvalue weighted by molar-refractivity contribution is -0.174. The average molecular weight is 602 g/mol. The van der Waals surface area contributed by atoms with Crippen LogP contribution in [0.1, 0.15) is 40.3 Å². The zero-order valence-electron chi connectivity index (χ0n) is 16.1. The van der Waals surface area contributed by atoms with Crippen molar-refractivity contribution >= 4 is 49.3 Å². The Morgan fingerprint density at radius 1 is 1.15 bits per heavy atom. The lowest BCUT2D eigenvalue weighted by atomic mass is 10.0. The third-order valence-corrected chi connectivity index (χ3v) is 6.07. The molecule has 2 unspecified atom stereocenters. The molecule has 0 saturated heterocycles. The molecule has 0 spiro atoms. The Morgan fingerprint density at radius 2 is 1.88 bits per heavy atom. The van der Waals surface area contributed by atoms with Crippen LogP contribution in [-0.4, -0.2) is 21.9 Å². The van der Waals surface area contributed by atoms with Gasteiger partial charge in [-0.15, -0.1) is 0 Å². The molecule has 2 atom stereocenters. The summed E-state index contributed by atoms with van der Waals surface area (Å²) in [5, 5.41) is 8.93. The molecule has 4 rings (SSSR count). The number of carbonyl (C=O) groups is 1. The number of carbonyl (C=O) groups excluding carboxylic acids is 1. The van der Waals surface area contributed by atoms with Gasteiger partial charge in [0.2, 0.25) is 0 Å². The molecule has 14 heteroatoms. The predicted molar refractivity (Wildman–Crippen MR) is 112 cm³/mol. The zero-order chi connectivity index (χ0) is 24.1. The highest BCUT2D eigenvalue weighted by Crippen LogP contribution is 2.46. The third-order valence-electron chi connectivity index (χ3n) is 4.90. The number of fused-ring (bicyclic) bond motifs is 1. The standard InChI is InChI=1S/C19H12Br2F6N4O2/c20-13-5-4-11(33-13)10-7-12(19(25,26)27)31-16(29-10)14(21)15(30-31)17(32)28-9-3-1-2-8(6-9)18(22,23)24/h1-6,10,12,29H,7H2,(H,28,32). The van der Waals surface area contributed by atoms with Crippen LogP contribution < -0.4 is 10.6 Å². The van der Waals surface area contributed by atoms with Crippen molar-refractivity contribution in [2.45, 2.75) is 30.9 Å². The fraction of sp³-hybridized carbons (Fsp3) is 0.263. The van der Waals surface area contributed by atoms with E-state index >= 15 is 0 Å². The van der Waals surface area contributed by atoms with E-state index in [9.17, 15) is 31.1 Å². The number of amides is 1. The van der Waals surface area contributed by atoms with E-state index in [0.29, 0.717) is 15.4 Å². The van der Waals surface area contributed by atoms with Crippen LogP contribution in [0, 0.1) is 0 Å². The van der Waals surface area contributed by atoms with Crippen LogP contribution in [0.25, 0.3) is 0 Å². The van der Waals surface area contributed by atoms with E-state index in [-0.39, 0.29) is 21.7 Å². The number of hydrogen-bond donors (Lipinski definition) is 2. The minimum absolute atomic E-state index is 0.0726. The number of aromatic nitrogens is 2. The molecular formula is C19H12Br2F6N4O2. The molecule has 0 aliphatic carbocycles. The number of rotatable bonds is 3. The Balaban J connectivity index is 1.67. The molecule has 2 aromatic heterocycles. The Morgan fingerprint density at radius 3 is 2.48 bits per heavy atom. The number of hydrogen-bond acceptors (Lipinski definition) is 4. The second-order valence-electron chi connectivity index (χ2n) is 7.12. The van der Waals surface area contributed by atoms with Crippen molar-refractivity contribution in [1.82, 2.24) is 9.78 Å². The second kappa shape index (κ2) is 8.38. The average Bonchev–Trinajstić information content (AvgIpc) is 3.30. The van der Waals surface area contributed by atoms with Crippen LogP contribution in [-0.2, 0) is 6.18 Å². The molecule has 1 aromatic carbocycles. The quantitative estimate of drug-likeness (QED) is 0.319. The van der Waals surface area contributed by atoms with Gasteiger partial charge in [0.05, 0.1) is 16.1 Å². The summed E-state index contributed by atoms with van der Waals surface area (Å²) in [4.78, 5) is 12.7. The highest BCUT2D eigenvalue weighted by atomic mass is 79.9. The molecule has 1 amide bonds. The van der Waals surface area contributed by atoms with Crippen molar-refractivity contribution in [1.29, 1.82) is 0 Å². The van der Waals surface area contributed by atoms with E-state index in [2.05, 4.69) is 47.6 Å². The van der Waals surface area contributed by atoms with Gasteiger partial charge in [0.25, 0.3) is 5.91 Å². The van der Waals surface area contributed by atoms with Crippen molar-refractivity contribution in [2.24, 2.45) is 0 Å². The SMILES string of the molecule is O=C(Nc1cccc(C(F)(F)F)c1)c1nn2c(c1Br)NC(c1ccc(Br)o1)CC2C(F)(F)F. The van der Waals surface area contributed by atoms with Gasteiger partial charge in [-0.25, -0.2) is 4.68 Å². The molecule has 33 heavy (non-hydrogen) atoms. The highest BCUT2D eigenvalue weighted by molar-refractivity contribution is 9.10. The molecule has 176 valence electrons. The van der Waals surface area contributed by atoms with Crippen molar-refractivity contribution < 1.29 is 35.6 Å². The maximum absolute atomic E-state index is 13.8. The minimum Gasteiger partial charge on any atom is -0.452 e. The van der Waals surface area contributed by atoms with Gasteiger partial charge in [-0.3, -0.25) is 4.79 Å². The zero-order valence-corrected chi connectivity index (χ0v) is 19.2. The lowest BCUT2D eigenvalue weighted by Crippen LogP contribution is -2.35. The molecule has 0 saturated carbocycles. The van der Waals surface area contributed by atoms with Crippen molar-refractivity contribution in [3.8, 4) is 0 Å². The van der Waals surface area contributed by atoms with Gasteiger partial charge in [-0.1, -0.05) is 6.07 Å². The van der Waals surface area contributed by atoms with E-state index in [1.165, 1.54) is 18.2 Å². The Bertz CT molecular complexity index is 1200. The van der Waals surface area contributed by atoms with Gasteiger partial charge in [0.15, 0.2) is 16.4 Å². The molecule has 3 heterocycles. The molecule has 6 nitrogen and oxygen atoms in total. The monoisotopic (exact) mass is 600 g/mol. The van der Waals surface area contributed by atoms with E-state index in [0.717, 1.165) is 12.1 Å². The van der Waals surface area contributed by atoms with Crippen LogP contribution in [0.15, 0.2) is 50.0 Å². The first-order valence-electron chi connectivity index (χ1n) is 9.19. The molecule has 2 N–H and O–H groups in total. The van der Waals surface area contributed by atoms with Gasteiger partial charge in [-0.2, -0.15) is 31.4 Å². The fourth-order valence-corrected chi connectivity index (χ4v) is 4.27. The smallest absolute Gasteiger partial charge is 0.416 e. The Hall–Kier alpha value is -2.48. The number of nitrogens with zero attached hydrogens (tertiary/aromatic N) is 2. The fourth-order valence-electron chi connectivity index (χ4n) is 3.40. The molecule has 0 bridgehead atoms. The summed E-state index contributed by atoms with van der Waals surface area (Å²) in [6.07, 6.45) is -9.78. The van der Waals surface area contributed by atoms with Crippen LogP contribution in [0.4, 0.5) is 37.8 Å². The summed E-state index contributed by atoms with van der Waals surface area (Å²) in [6, 6.07) is 3.95. The van der Waals surface area contributed by atoms with E-state index in [1.807, 2.05) is 0 Å². The maximum atomic E-state index is 13.8. The van der Waals surface area contributed by atoms with E-state index in [1.54, 1.807) is 0 Å². The number of anilines is 2. The van der Waals surface area contributed by atoms with Crippen LogP contribution in [0.3, 0.4) is 0 Å². The van der Waals surface area contributed by atoms with Crippen molar-refractivity contribution in [3.05, 3.63) is 62.6 Å². The molecule has 3 aromatic rings.